The monoisotopic (exact) mass is 563 g/mol. The lowest BCUT2D eigenvalue weighted by Crippen LogP contribution is -2.38. The Morgan fingerprint density at radius 3 is 2.14 bits per heavy atom. The summed E-state index contributed by atoms with van der Waals surface area (Å²) in [5, 5.41) is 3.06. The second-order valence-corrected chi connectivity index (χ2v) is 10.8. The lowest BCUT2D eigenvalue weighted by molar-refractivity contribution is -0.130. The van der Waals surface area contributed by atoms with E-state index in [0.717, 1.165) is 35.5 Å². The summed E-state index contributed by atoms with van der Waals surface area (Å²) in [4.78, 5) is 26.7. The van der Waals surface area contributed by atoms with Crippen molar-refractivity contribution in [1.29, 1.82) is 0 Å². The first-order valence-electron chi connectivity index (χ1n) is 14.5. The van der Waals surface area contributed by atoms with Gasteiger partial charge in [-0.3, -0.25) is 9.59 Å². The van der Waals surface area contributed by atoms with Gasteiger partial charge in [0.1, 0.15) is 23.0 Å². The Bertz CT molecular complexity index is 1440. The van der Waals surface area contributed by atoms with Crippen LogP contribution in [0.2, 0.25) is 0 Å². The topological polar surface area (TPSA) is 73.9 Å². The van der Waals surface area contributed by atoms with Crippen molar-refractivity contribution in [2.75, 3.05) is 19.0 Å². The van der Waals surface area contributed by atoms with E-state index in [1.165, 1.54) is 0 Å². The van der Waals surface area contributed by atoms with Gasteiger partial charge in [-0.15, -0.1) is 0 Å². The van der Waals surface area contributed by atoms with E-state index in [9.17, 15) is 9.59 Å². The third-order valence-corrected chi connectivity index (χ3v) is 7.83. The van der Waals surface area contributed by atoms with Gasteiger partial charge in [0.2, 0.25) is 5.91 Å². The Morgan fingerprint density at radius 2 is 1.45 bits per heavy atom. The molecular weight excluding hydrogens is 526 g/mol. The van der Waals surface area contributed by atoms with Gasteiger partial charge >= 0.3 is 0 Å². The van der Waals surface area contributed by atoms with E-state index in [0.29, 0.717) is 30.9 Å². The number of methoxy groups -OCH3 is 1. The summed E-state index contributed by atoms with van der Waals surface area (Å²) in [5.41, 5.74) is 2.69. The summed E-state index contributed by atoms with van der Waals surface area (Å²) < 4.78 is 17.2. The normalized spacial score (nSPS) is 16.6. The SMILES string of the molecule is COc1cccc(CC(=O)C2CCC2CC(COCc2ccccc2)C(=O)Nc2ccc(Oc3ccccc3)cc2)c1. The highest BCUT2D eigenvalue weighted by atomic mass is 16.5. The van der Waals surface area contributed by atoms with Crippen LogP contribution in [0.4, 0.5) is 5.69 Å². The zero-order valence-corrected chi connectivity index (χ0v) is 23.9. The first-order valence-corrected chi connectivity index (χ1v) is 14.5. The first-order chi connectivity index (χ1) is 20.6. The van der Waals surface area contributed by atoms with E-state index in [4.69, 9.17) is 14.2 Å². The summed E-state index contributed by atoms with van der Waals surface area (Å²) in [5.74, 6) is 2.03. The van der Waals surface area contributed by atoms with Crippen molar-refractivity contribution >= 4 is 17.4 Å². The highest BCUT2D eigenvalue weighted by Crippen LogP contribution is 2.40. The molecule has 1 aliphatic carbocycles. The molecule has 0 spiro atoms. The molecule has 0 bridgehead atoms. The molecule has 1 saturated carbocycles. The zero-order valence-electron chi connectivity index (χ0n) is 23.9. The van der Waals surface area contributed by atoms with Gasteiger partial charge in [0.15, 0.2) is 0 Å². The van der Waals surface area contributed by atoms with Crippen LogP contribution >= 0.6 is 0 Å². The Morgan fingerprint density at radius 1 is 0.786 bits per heavy atom. The summed E-state index contributed by atoms with van der Waals surface area (Å²) in [6.07, 6.45) is 2.76. The molecular formula is C36H37NO5. The number of ether oxygens (including phenoxy) is 3. The average molecular weight is 564 g/mol. The van der Waals surface area contributed by atoms with Gasteiger partial charge in [-0.2, -0.15) is 0 Å². The second-order valence-electron chi connectivity index (χ2n) is 10.8. The van der Waals surface area contributed by atoms with E-state index < -0.39 is 0 Å². The van der Waals surface area contributed by atoms with Crippen LogP contribution < -0.4 is 14.8 Å². The number of anilines is 1. The Labute approximate surface area is 247 Å². The van der Waals surface area contributed by atoms with E-state index in [1.807, 2.05) is 109 Å². The average Bonchev–Trinajstić information content (AvgIpc) is 3.00. The van der Waals surface area contributed by atoms with Crippen LogP contribution in [0.15, 0.2) is 109 Å². The van der Waals surface area contributed by atoms with E-state index in [2.05, 4.69) is 5.32 Å². The number of benzene rings is 4. The van der Waals surface area contributed by atoms with Crippen molar-refractivity contribution in [2.45, 2.75) is 32.3 Å². The fourth-order valence-electron chi connectivity index (χ4n) is 5.37. The third kappa shape index (κ3) is 8.08. The molecule has 5 rings (SSSR count). The van der Waals surface area contributed by atoms with Gasteiger partial charge in [-0.05, 0) is 84.8 Å². The molecule has 0 heterocycles. The van der Waals surface area contributed by atoms with E-state index in [1.54, 1.807) is 7.11 Å². The minimum absolute atomic E-state index is 0.0463. The van der Waals surface area contributed by atoms with Crippen LogP contribution in [0, 0.1) is 17.8 Å². The number of carbonyl (C=O) groups is 2. The van der Waals surface area contributed by atoms with E-state index in [-0.39, 0.29) is 36.1 Å². The Kier molecular flexibility index (Phi) is 10.0. The fraction of sp³-hybridized carbons (Fsp3) is 0.278. The number of Topliss-reactive ketones (excluding diaryl/α,β-unsaturated/α-hetero) is 1. The molecule has 6 nitrogen and oxygen atoms in total. The first kappa shape index (κ1) is 29.1. The van der Waals surface area contributed by atoms with Crippen LogP contribution in [-0.2, 0) is 27.4 Å². The summed E-state index contributed by atoms with van der Waals surface area (Å²) >= 11 is 0. The maximum atomic E-state index is 13.5. The summed E-state index contributed by atoms with van der Waals surface area (Å²) in [6, 6.07) is 34.5. The lowest BCUT2D eigenvalue weighted by Gasteiger charge is -2.37. The largest absolute Gasteiger partial charge is 0.497 e. The minimum Gasteiger partial charge on any atom is -0.497 e. The molecule has 42 heavy (non-hydrogen) atoms. The Hall–Kier alpha value is -4.42. The standard InChI is InChI=1S/C36H37NO5/c1-40-33-14-8-11-27(21-33)22-35(38)34-20-15-28(34)23-29(25-41-24-26-9-4-2-5-10-26)36(39)37-30-16-18-32(19-17-30)42-31-12-6-3-7-13-31/h2-14,16-19,21,28-29,34H,15,20,22-25H2,1H3,(H,37,39). The summed E-state index contributed by atoms with van der Waals surface area (Å²) in [6.45, 7) is 0.711. The number of rotatable bonds is 14. The highest BCUT2D eigenvalue weighted by Gasteiger charge is 2.38. The van der Waals surface area contributed by atoms with Gasteiger partial charge in [0, 0.05) is 18.0 Å². The molecule has 4 aromatic carbocycles. The smallest absolute Gasteiger partial charge is 0.229 e. The maximum Gasteiger partial charge on any atom is 0.229 e. The lowest BCUT2D eigenvalue weighted by atomic mass is 9.67. The zero-order chi connectivity index (χ0) is 29.1. The molecule has 4 aromatic rings. The molecule has 6 heteroatoms. The van der Waals surface area contributed by atoms with E-state index >= 15 is 0 Å². The second kappa shape index (κ2) is 14.5. The van der Waals surface area contributed by atoms with Gasteiger partial charge in [-0.25, -0.2) is 0 Å². The van der Waals surface area contributed by atoms with Crippen LogP contribution in [0.5, 0.6) is 17.2 Å². The van der Waals surface area contributed by atoms with Crippen LogP contribution in [0.1, 0.15) is 30.4 Å². The number of hydrogen-bond acceptors (Lipinski definition) is 5. The number of amides is 1. The molecule has 1 fully saturated rings. The van der Waals surface area contributed by atoms with Crippen molar-refractivity contribution in [2.24, 2.45) is 17.8 Å². The van der Waals surface area contributed by atoms with Gasteiger partial charge < -0.3 is 19.5 Å². The highest BCUT2D eigenvalue weighted by molar-refractivity contribution is 5.93. The van der Waals surface area contributed by atoms with Crippen molar-refractivity contribution < 1.29 is 23.8 Å². The number of hydrogen-bond donors (Lipinski definition) is 1. The minimum atomic E-state index is -0.383. The molecule has 1 amide bonds. The molecule has 3 atom stereocenters. The predicted octanol–water partition coefficient (Wildman–Crippen LogP) is 7.49. The molecule has 3 unspecified atom stereocenters. The van der Waals surface area contributed by atoms with Crippen LogP contribution in [0.3, 0.4) is 0 Å². The van der Waals surface area contributed by atoms with Crippen molar-refractivity contribution in [1.82, 2.24) is 0 Å². The number of ketones is 1. The molecule has 216 valence electrons. The van der Waals surface area contributed by atoms with Crippen LogP contribution in [0.25, 0.3) is 0 Å². The van der Waals surface area contributed by atoms with Gasteiger partial charge in [-0.1, -0.05) is 60.7 Å². The quantitative estimate of drug-likeness (QED) is 0.172. The molecule has 0 saturated heterocycles. The van der Waals surface area contributed by atoms with Crippen molar-refractivity contribution in [3.63, 3.8) is 0 Å². The molecule has 1 aliphatic rings. The maximum absolute atomic E-state index is 13.5. The van der Waals surface area contributed by atoms with Crippen molar-refractivity contribution in [3.05, 3.63) is 120 Å². The fourth-order valence-corrected chi connectivity index (χ4v) is 5.37. The number of carbonyl (C=O) groups excluding carboxylic acids is 2. The predicted molar refractivity (Wildman–Crippen MR) is 164 cm³/mol. The Balaban J connectivity index is 1.21. The third-order valence-electron chi connectivity index (χ3n) is 7.83. The number of nitrogens with one attached hydrogen (secondary N) is 1. The summed E-state index contributed by atoms with van der Waals surface area (Å²) in [7, 11) is 1.63. The van der Waals surface area contributed by atoms with Crippen LogP contribution in [-0.4, -0.2) is 25.4 Å². The molecule has 1 N–H and O–H groups in total. The number of para-hydroxylation sites is 1. The molecule has 0 aromatic heterocycles. The van der Waals surface area contributed by atoms with Gasteiger partial charge in [0.05, 0.1) is 26.2 Å². The molecule has 0 aliphatic heterocycles. The van der Waals surface area contributed by atoms with Gasteiger partial charge in [0.25, 0.3) is 0 Å². The molecule has 0 radical (unpaired) electrons. The van der Waals surface area contributed by atoms with Crippen molar-refractivity contribution in [3.8, 4) is 17.2 Å².